The van der Waals surface area contributed by atoms with Crippen LogP contribution >= 0.6 is 11.3 Å². The van der Waals surface area contributed by atoms with Gasteiger partial charge in [0.2, 0.25) is 5.91 Å². The van der Waals surface area contributed by atoms with Crippen molar-refractivity contribution in [3.05, 3.63) is 52.0 Å². The molecule has 0 aliphatic rings. The first-order valence-electron chi connectivity index (χ1n) is 5.88. The highest BCUT2D eigenvalue weighted by molar-refractivity contribution is 7.07. The van der Waals surface area contributed by atoms with Crippen molar-refractivity contribution in [1.82, 2.24) is 10.3 Å². The fraction of sp³-hybridized carbons (Fsp3) is 0.286. The van der Waals surface area contributed by atoms with E-state index in [4.69, 9.17) is 0 Å². The van der Waals surface area contributed by atoms with Crippen LogP contribution in [0.5, 0.6) is 0 Å². The minimum atomic E-state index is -0.0586. The van der Waals surface area contributed by atoms with Gasteiger partial charge in [-0.25, -0.2) is 0 Å². The molecule has 1 amide bonds. The molecule has 0 bridgehead atoms. The fourth-order valence-corrected chi connectivity index (χ4v) is 2.35. The van der Waals surface area contributed by atoms with Crippen molar-refractivity contribution in [2.75, 3.05) is 0 Å². The highest BCUT2D eigenvalue weighted by Crippen LogP contribution is 2.11. The fourth-order valence-electron chi connectivity index (χ4n) is 1.68. The predicted molar refractivity (Wildman–Crippen MR) is 73.6 cm³/mol. The Balaban J connectivity index is 1.92. The van der Waals surface area contributed by atoms with Crippen LogP contribution in [0, 0.1) is 6.92 Å². The maximum atomic E-state index is 11.8. The van der Waals surface area contributed by atoms with Crippen molar-refractivity contribution >= 4 is 17.2 Å². The molecule has 0 saturated heterocycles. The van der Waals surface area contributed by atoms with Gasteiger partial charge in [-0.2, -0.15) is 11.3 Å². The van der Waals surface area contributed by atoms with Gasteiger partial charge >= 0.3 is 0 Å². The number of nitrogens with one attached hydrogen (secondary N) is 1. The third-order valence-corrected chi connectivity index (χ3v) is 3.43. The first-order valence-corrected chi connectivity index (χ1v) is 6.82. The van der Waals surface area contributed by atoms with E-state index in [1.54, 1.807) is 11.3 Å². The number of aromatic nitrogens is 1. The van der Waals surface area contributed by atoms with Crippen LogP contribution in [0.1, 0.15) is 29.8 Å². The van der Waals surface area contributed by atoms with Gasteiger partial charge in [0.25, 0.3) is 0 Å². The Morgan fingerprint density at radius 1 is 1.44 bits per heavy atom. The van der Waals surface area contributed by atoms with E-state index in [2.05, 4.69) is 10.3 Å². The molecule has 2 rings (SSSR count). The first kappa shape index (κ1) is 12.8. The van der Waals surface area contributed by atoms with Crippen LogP contribution in [0.4, 0.5) is 0 Å². The molecule has 0 aliphatic heterocycles. The number of carbonyl (C=O) groups is 1. The Kier molecular flexibility index (Phi) is 4.10. The molecule has 1 N–H and O–H groups in total. The van der Waals surface area contributed by atoms with Crippen molar-refractivity contribution in [2.24, 2.45) is 0 Å². The van der Waals surface area contributed by atoms with Crippen LogP contribution in [0.25, 0.3) is 0 Å². The van der Waals surface area contributed by atoms with Crippen LogP contribution in [-0.2, 0) is 11.2 Å². The van der Waals surface area contributed by atoms with Crippen molar-refractivity contribution < 1.29 is 4.79 Å². The summed E-state index contributed by atoms with van der Waals surface area (Å²) in [7, 11) is 0. The third-order valence-electron chi connectivity index (χ3n) is 2.70. The molecule has 2 heterocycles. The lowest BCUT2D eigenvalue weighted by molar-refractivity contribution is -0.121. The summed E-state index contributed by atoms with van der Waals surface area (Å²) in [6.07, 6.45) is 2.25. The smallest absolute Gasteiger partial charge is 0.224 e. The zero-order valence-electron chi connectivity index (χ0n) is 10.5. The standard InChI is InChI=1S/C14H16N2OS/c1-10-3-4-13(15-8-10)11(2)16-14(17)7-12-5-6-18-9-12/h3-6,8-9,11H,7H2,1-2H3,(H,16,17)/t11-/m0/s1. The topological polar surface area (TPSA) is 42.0 Å². The Morgan fingerprint density at radius 2 is 2.28 bits per heavy atom. The second-order valence-electron chi connectivity index (χ2n) is 4.36. The summed E-state index contributed by atoms with van der Waals surface area (Å²) in [5, 5.41) is 6.93. The Hall–Kier alpha value is -1.68. The predicted octanol–water partition coefficient (Wildman–Crippen LogP) is 2.87. The van der Waals surface area contributed by atoms with E-state index in [1.807, 2.05) is 49.0 Å². The van der Waals surface area contributed by atoms with Gasteiger partial charge in [-0.1, -0.05) is 6.07 Å². The molecule has 0 saturated carbocycles. The van der Waals surface area contributed by atoms with E-state index in [-0.39, 0.29) is 11.9 Å². The van der Waals surface area contributed by atoms with Crippen LogP contribution in [-0.4, -0.2) is 10.9 Å². The number of hydrogen-bond acceptors (Lipinski definition) is 3. The zero-order valence-corrected chi connectivity index (χ0v) is 11.3. The normalized spacial score (nSPS) is 12.1. The zero-order chi connectivity index (χ0) is 13.0. The van der Waals surface area contributed by atoms with E-state index in [0.29, 0.717) is 6.42 Å². The molecular weight excluding hydrogens is 244 g/mol. The minimum absolute atomic E-state index is 0.0308. The van der Waals surface area contributed by atoms with Gasteiger partial charge in [-0.15, -0.1) is 0 Å². The van der Waals surface area contributed by atoms with Crippen LogP contribution in [0.3, 0.4) is 0 Å². The molecule has 2 aromatic rings. The number of hydrogen-bond donors (Lipinski definition) is 1. The van der Waals surface area contributed by atoms with Gasteiger partial charge in [0.05, 0.1) is 18.2 Å². The lowest BCUT2D eigenvalue weighted by atomic mass is 10.1. The van der Waals surface area contributed by atoms with Crippen molar-refractivity contribution in [1.29, 1.82) is 0 Å². The molecule has 0 aromatic carbocycles. The van der Waals surface area contributed by atoms with Crippen molar-refractivity contribution in [3.8, 4) is 0 Å². The molecule has 94 valence electrons. The number of aryl methyl sites for hydroxylation is 1. The molecule has 3 nitrogen and oxygen atoms in total. The quantitative estimate of drug-likeness (QED) is 0.918. The SMILES string of the molecule is Cc1ccc([C@H](C)NC(=O)Cc2ccsc2)nc1. The van der Waals surface area contributed by atoms with Crippen LogP contribution in [0.15, 0.2) is 35.2 Å². The van der Waals surface area contributed by atoms with Crippen molar-refractivity contribution in [3.63, 3.8) is 0 Å². The van der Waals surface area contributed by atoms with Gasteiger partial charge in [0.15, 0.2) is 0 Å². The highest BCUT2D eigenvalue weighted by Gasteiger charge is 2.11. The summed E-state index contributed by atoms with van der Waals surface area (Å²) < 4.78 is 0. The number of nitrogens with zero attached hydrogens (tertiary/aromatic N) is 1. The van der Waals surface area contributed by atoms with Gasteiger partial charge in [0.1, 0.15) is 0 Å². The number of carbonyl (C=O) groups excluding carboxylic acids is 1. The molecule has 0 spiro atoms. The Morgan fingerprint density at radius 3 is 2.89 bits per heavy atom. The van der Waals surface area contributed by atoms with E-state index < -0.39 is 0 Å². The van der Waals surface area contributed by atoms with Crippen molar-refractivity contribution in [2.45, 2.75) is 26.3 Å². The Bertz CT molecular complexity index is 505. The lowest BCUT2D eigenvalue weighted by Gasteiger charge is -2.13. The average molecular weight is 260 g/mol. The Labute approximate surface area is 111 Å². The maximum absolute atomic E-state index is 11.8. The lowest BCUT2D eigenvalue weighted by Crippen LogP contribution is -2.28. The van der Waals surface area contributed by atoms with E-state index in [0.717, 1.165) is 16.8 Å². The van der Waals surface area contributed by atoms with Gasteiger partial charge in [-0.3, -0.25) is 9.78 Å². The van der Waals surface area contributed by atoms with Crippen LogP contribution < -0.4 is 5.32 Å². The van der Waals surface area contributed by atoms with E-state index in [1.165, 1.54) is 0 Å². The highest BCUT2D eigenvalue weighted by atomic mass is 32.1. The second kappa shape index (κ2) is 5.78. The first-order chi connectivity index (χ1) is 8.65. The molecule has 0 fully saturated rings. The largest absolute Gasteiger partial charge is 0.348 e. The molecule has 0 aliphatic carbocycles. The molecule has 0 unspecified atom stereocenters. The van der Waals surface area contributed by atoms with Crippen LogP contribution in [0.2, 0.25) is 0 Å². The number of pyridine rings is 1. The molecule has 0 radical (unpaired) electrons. The summed E-state index contributed by atoms with van der Waals surface area (Å²) in [5.41, 5.74) is 3.07. The van der Waals surface area contributed by atoms with Gasteiger partial charge in [0, 0.05) is 6.20 Å². The summed E-state index contributed by atoms with van der Waals surface area (Å²) in [6, 6.07) is 5.87. The summed E-state index contributed by atoms with van der Waals surface area (Å²) in [5.74, 6) is 0.0308. The minimum Gasteiger partial charge on any atom is -0.348 e. The molecule has 4 heteroatoms. The monoisotopic (exact) mass is 260 g/mol. The van der Waals surface area contributed by atoms with E-state index >= 15 is 0 Å². The summed E-state index contributed by atoms with van der Waals surface area (Å²) in [4.78, 5) is 16.1. The van der Waals surface area contributed by atoms with Gasteiger partial charge < -0.3 is 5.32 Å². The van der Waals surface area contributed by atoms with Gasteiger partial charge in [-0.05, 0) is 47.9 Å². The third kappa shape index (κ3) is 3.40. The second-order valence-corrected chi connectivity index (χ2v) is 5.14. The molecular formula is C14H16N2OS. The average Bonchev–Trinajstić information content (AvgIpc) is 2.82. The molecule has 2 aromatic heterocycles. The summed E-state index contributed by atoms with van der Waals surface area (Å²) >= 11 is 1.61. The maximum Gasteiger partial charge on any atom is 0.224 e. The molecule has 18 heavy (non-hydrogen) atoms. The summed E-state index contributed by atoms with van der Waals surface area (Å²) in [6.45, 7) is 3.94. The number of thiophene rings is 1. The number of rotatable bonds is 4. The molecule has 1 atom stereocenters. The number of amides is 1. The van der Waals surface area contributed by atoms with E-state index in [9.17, 15) is 4.79 Å².